The van der Waals surface area contributed by atoms with E-state index in [0.29, 0.717) is 13.2 Å². The first-order chi connectivity index (χ1) is 9.36. The fraction of sp³-hybridized carbons (Fsp3) is 0.545. The van der Waals surface area contributed by atoms with Crippen molar-refractivity contribution in [2.45, 2.75) is 17.6 Å². The third-order valence-corrected chi connectivity index (χ3v) is 6.44. The van der Waals surface area contributed by atoms with Gasteiger partial charge >= 0.3 is 0 Å². The first-order valence-electron chi connectivity index (χ1n) is 5.88. The van der Waals surface area contributed by atoms with Crippen molar-refractivity contribution >= 4 is 43.2 Å². The number of methoxy groups -OCH3 is 1. The van der Waals surface area contributed by atoms with Crippen LogP contribution in [0, 0.1) is 6.92 Å². The second-order valence-corrected chi connectivity index (χ2v) is 8.38. The van der Waals surface area contributed by atoms with E-state index in [9.17, 15) is 13.2 Å². The van der Waals surface area contributed by atoms with E-state index < -0.39 is 10.0 Å². The molecule has 1 heterocycles. The summed E-state index contributed by atoms with van der Waals surface area (Å²) in [6.45, 7) is 2.73. The summed E-state index contributed by atoms with van der Waals surface area (Å²) >= 11 is 4.43. The van der Waals surface area contributed by atoms with Crippen molar-refractivity contribution < 1.29 is 17.9 Å². The second kappa shape index (κ2) is 8.08. The lowest BCUT2D eigenvalue weighted by Crippen LogP contribution is -2.32. The number of rotatable bonds is 8. The summed E-state index contributed by atoms with van der Waals surface area (Å²) in [5.41, 5.74) is 0.868. The van der Waals surface area contributed by atoms with Crippen molar-refractivity contribution in [1.82, 2.24) is 10.0 Å². The normalized spacial score (nSPS) is 11.6. The Kier molecular flexibility index (Phi) is 7.10. The molecule has 0 unspecified atom stereocenters. The van der Waals surface area contributed by atoms with E-state index in [2.05, 4.69) is 26.0 Å². The molecule has 0 atom stereocenters. The van der Waals surface area contributed by atoms with Crippen molar-refractivity contribution in [3.8, 4) is 0 Å². The summed E-state index contributed by atoms with van der Waals surface area (Å²) in [4.78, 5) is 11.4. The number of ether oxygens (including phenoxy) is 1. The maximum atomic E-state index is 12.0. The summed E-state index contributed by atoms with van der Waals surface area (Å²) in [5, 5.41) is 2.62. The first-order valence-corrected chi connectivity index (χ1v) is 8.97. The number of hydrogen-bond donors (Lipinski definition) is 2. The van der Waals surface area contributed by atoms with Crippen LogP contribution in [0.3, 0.4) is 0 Å². The zero-order valence-electron chi connectivity index (χ0n) is 11.2. The summed E-state index contributed by atoms with van der Waals surface area (Å²) in [7, 11) is -2.01. The zero-order valence-corrected chi connectivity index (χ0v) is 14.5. The number of thiophene rings is 1. The van der Waals surface area contributed by atoms with E-state index in [1.807, 2.05) is 6.92 Å². The quantitative estimate of drug-likeness (QED) is 0.660. The summed E-state index contributed by atoms with van der Waals surface area (Å²) in [6.07, 6.45) is 0.0917. The molecule has 0 aliphatic heterocycles. The fourth-order valence-corrected chi connectivity index (χ4v) is 4.62. The third-order valence-electron chi connectivity index (χ3n) is 2.37. The molecule has 20 heavy (non-hydrogen) atoms. The first kappa shape index (κ1) is 17.6. The number of nitrogens with one attached hydrogen (secondary N) is 2. The van der Waals surface area contributed by atoms with Crippen LogP contribution in [0.4, 0.5) is 0 Å². The molecule has 1 aromatic heterocycles. The van der Waals surface area contributed by atoms with Gasteiger partial charge in [-0.05, 0) is 34.5 Å². The Hall–Kier alpha value is -0.480. The van der Waals surface area contributed by atoms with Gasteiger partial charge < -0.3 is 10.1 Å². The molecule has 0 aliphatic carbocycles. The smallest absolute Gasteiger partial charge is 0.250 e. The van der Waals surface area contributed by atoms with E-state index in [4.69, 9.17) is 4.74 Å². The molecule has 114 valence electrons. The van der Waals surface area contributed by atoms with Crippen molar-refractivity contribution in [1.29, 1.82) is 0 Å². The van der Waals surface area contributed by atoms with Crippen molar-refractivity contribution in [3.63, 3.8) is 0 Å². The Balaban J connectivity index is 2.42. The van der Waals surface area contributed by atoms with Crippen molar-refractivity contribution in [3.05, 3.63) is 15.4 Å². The zero-order chi connectivity index (χ0) is 15.2. The van der Waals surface area contributed by atoms with E-state index in [1.54, 1.807) is 13.2 Å². The van der Waals surface area contributed by atoms with Gasteiger partial charge in [0, 0.05) is 26.6 Å². The number of carbonyl (C=O) groups excluding carboxylic acids is 1. The predicted octanol–water partition coefficient (Wildman–Crippen LogP) is 1.25. The molecule has 1 amide bonds. The van der Waals surface area contributed by atoms with Crippen LogP contribution in [0.25, 0.3) is 0 Å². The van der Waals surface area contributed by atoms with Crippen LogP contribution in [0.15, 0.2) is 14.1 Å². The summed E-state index contributed by atoms with van der Waals surface area (Å²) in [6, 6.07) is 1.59. The number of carbonyl (C=O) groups is 1. The number of hydrogen-bond acceptors (Lipinski definition) is 5. The molecule has 1 rings (SSSR count). The molecule has 1 aromatic rings. The lowest BCUT2D eigenvalue weighted by molar-refractivity contribution is -0.121. The Morgan fingerprint density at radius 1 is 1.45 bits per heavy atom. The molecule has 0 spiro atoms. The largest absolute Gasteiger partial charge is 0.383 e. The molecule has 0 saturated heterocycles. The molecular formula is C11H17BrN2O4S2. The van der Waals surface area contributed by atoms with Gasteiger partial charge in [-0.1, -0.05) is 0 Å². The standard InChI is InChI=1S/C11H17BrN2O4S2/c1-8-7-10(19-11(8)12)20(16,17)14-4-3-9(15)13-5-6-18-2/h7,14H,3-6H2,1-2H3,(H,13,15). The molecule has 9 heteroatoms. The average molecular weight is 385 g/mol. The Morgan fingerprint density at radius 2 is 2.15 bits per heavy atom. The Labute approximate surface area is 131 Å². The molecule has 6 nitrogen and oxygen atoms in total. The molecule has 0 radical (unpaired) electrons. The highest BCUT2D eigenvalue weighted by Crippen LogP contribution is 2.30. The minimum absolute atomic E-state index is 0.0652. The van der Waals surface area contributed by atoms with Crippen LogP contribution in [0.2, 0.25) is 0 Å². The lowest BCUT2D eigenvalue weighted by atomic mass is 10.4. The monoisotopic (exact) mass is 384 g/mol. The molecule has 0 fully saturated rings. The van der Waals surface area contributed by atoms with E-state index in [-0.39, 0.29) is 23.1 Å². The highest BCUT2D eigenvalue weighted by Gasteiger charge is 2.18. The summed E-state index contributed by atoms with van der Waals surface area (Å²) < 4.78 is 32.2. The van der Waals surface area contributed by atoms with Crippen molar-refractivity contribution in [2.75, 3.05) is 26.8 Å². The Morgan fingerprint density at radius 3 is 2.70 bits per heavy atom. The van der Waals surface area contributed by atoms with Gasteiger partial charge in [-0.25, -0.2) is 13.1 Å². The third kappa shape index (κ3) is 5.49. The Bertz CT molecular complexity index is 537. The predicted molar refractivity (Wildman–Crippen MR) is 81.4 cm³/mol. The van der Waals surface area contributed by atoms with Gasteiger partial charge in [0.1, 0.15) is 4.21 Å². The number of aryl methyl sites for hydroxylation is 1. The van der Waals surface area contributed by atoms with Gasteiger partial charge in [0.15, 0.2) is 0 Å². The number of amides is 1. The van der Waals surface area contributed by atoms with Crippen LogP contribution in [-0.4, -0.2) is 41.1 Å². The van der Waals surface area contributed by atoms with Crippen LogP contribution < -0.4 is 10.0 Å². The highest BCUT2D eigenvalue weighted by molar-refractivity contribution is 9.11. The van der Waals surface area contributed by atoms with Crippen LogP contribution in [0.1, 0.15) is 12.0 Å². The van der Waals surface area contributed by atoms with Gasteiger partial charge in [0.25, 0.3) is 0 Å². The SMILES string of the molecule is COCCNC(=O)CCNS(=O)(=O)c1cc(C)c(Br)s1. The van der Waals surface area contributed by atoms with E-state index in [1.165, 1.54) is 0 Å². The molecular weight excluding hydrogens is 368 g/mol. The topological polar surface area (TPSA) is 84.5 Å². The molecule has 0 bridgehead atoms. The molecule has 0 aromatic carbocycles. The molecule has 0 saturated carbocycles. The fourth-order valence-electron chi connectivity index (χ4n) is 1.32. The second-order valence-electron chi connectivity index (χ2n) is 4.01. The maximum Gasteiger partial charge on any atom is 0.250 e. The minimum Gasteiger partial charge on any atom is -0.383 e. The van der Waals surface area contributed by atoms with Crippen molar-refractivity contribution in [2.24, 2.45) is 0 Å². The number of sulfonamides is 1. The van der Waals surface area contributed by atoms with E-state index >= 15 is 0 Å². The molecule has 0 aliphatic rings. The van der Waals surface area contributed by atoms with Gasteiger partial charge in [-0.2, -0.15) is 0 Å². The maximum absolute atomic E-state index is 12.0. The molecule has 2 N–H and O–H groups in total. The van der Waals surface area contributed by atoms with Crippen LogP contribution >= 0.6 is 27.3 Å². The van der Waals surface area contributed by atoms with Gasteiger partial charge in [-0.3, -0.25) is 4.79 Å². The minimum atomic E-state index is -3.55. The van der Waals surface area contributed by atoms with Gasteiger partial charge in [-0.15, -0.1) is 11.3 Å². The van der Waals surface area contributed by atoms with Gasteiger partial charge in [0.05, 0.1) is 10.4 Å². The lowest BCUT2D eigenvalue weighted by Gasteiger charge is -2.06. The average Bonchev–Trinajstić information content (AvgIpc) is 2.70. The highest BCUT2D eigenvalue weighted by atomic mass is 79.9. The van der Waals surface area contributed by atoms with Gasteiger partial charge in [0.2, 0.25) is 15.9 Å². The van der Waals surface area contributed by atoms with Crippen LogP contribution in [-0.2, 0) is 19.6 Å². The number of halogens is 1. The summed E-state index contributed by atoms with van der Waals surface area (Å²) in [5.74, 6) is -0.215. The van der Waals surface area contributed by atoms with E-state index in [0.717, 1.165) is 20.7 Å². The van der Waals surface area contributed by atoms with Crippen LogP contribution in [0.5, 0.6) is 0 Å².